The second kappa shape index (κ2) is 11.0. The van der Waals surface area contributed by atoms with Gasteiger partial charge in [-0.25, -0.2) is 0 Å². The number of hydrogen-bond acceptors (Lipinski definition) is 3. The summed E-state index contributed by atoms with van der Waals surface area (Å²) in [6, 6.07) is 1.25. The van der Waals surface area contributed by atoms with E-state index in [1.165, 1.54) is 38.1 Å². The van der Waals surface area contributed by atoms with Crippen molar-refractivity contribution in [3.05, 3.63) is 0 Å². The van der Waals surface area contributed by atoms with Gasteiger partial charge in [0.2, 0.25) is 0 Å². The lowest BCUT2D eigenvalue weighted by Crippen LogP contribution is -2.17. The highest BCUT2D eigenvalue weighted by Gasteiger charge is 2.24. The molecule has 0 radical (unpaired) electrons. The molecule has 0 bridgehead atoms. The summed E-state index contributed by atoms with van der Waals surface area (Å²) in [5, 5.41) is 0. The van der Waals surface area contributed by atoms with Crippen molar-refractivity contribution < 1.29 is 13.9 Å². The average Bonchev–Trinajstić information content (AvgIpc) is 3.19. The highest BCUT2D eigenvalue weighted by Crippen LogP contribution is 2.16. The van der Waals surface area contributed by atoms with Crippen molar-refractivity contribution in [2.45, 2.75) is 70.6 Å². The fourth-order valence-electron chi connectivity index (χ4n) is 2.00. The SMILES string of the molecule is CCCCCC(CC[SiH2]OCCC)OCC1CO1. The first-order valence-electron chi connectivity index (χ1n) is 7.67. The Hall–Kier alpha value is 0.0969. The zero-order chi connectivity index (χ0) is 13.1. The van der Waals surface area contributed by atoms with Crippen LogP contribution >= 0.6 is 0 Å². The lowest BCUT2D eigenvalue weighted by molar-refractivity contribution is 0.0331. The average molecular weight is 274 g/mol. The predicted octanol–water partition coefficient (Wildman–Crippen LogP) is 2.67. The largest absolute Gasteiger partial charge is 0.424 e. The lowest BCUT2D eigenvalue weighted by Gasteiger charge is -2.17. The Labute approximate surface area is 115 Å². The number of epoxide rings is 1. The van der Waals surface area contributed by atoms with Gasteiger partial charge < -0.3 is 13.9 Å². The lowest BCUT2D eigenvalue weighted by atomic mass is 10.1. The molecule has 0 spiro atoms. The first-order chi connectivity index (χ1) is 8.86. The Morgan fingerprint density at radius 2 is 2.06 bits per heavy atom. The fraction of sp³-hybridized carbons (Fsp3) is 1.00. The third-order valence-electron chi connectivity index (χ3n) is 3.21. The summed E-state index contributed by atoms with van der Waals surface area (Å²) >= 11 is 0. The molecule has 0 N–H and O–H groups in total. The van der Waals surface area contributed by atoms with Crippen LogP contribution in [0.2, 0.25) is 6.04 Å². The van der Waals surface area contributed by atoms with Crippen LogP contribution in [0, 0.1) is 0 Å². The highest BCUT2D eigenvalue weighted by atomic mass is 28.2. The molecule has 1 heterocycles. The van der Waals surface area contributed by atoms with Crippen LogP contribution in [0.1, 0.15) is 52.4 Å². The molecule has 1 fully saturated rings. The normalized spacial score (nSPS) is 20.7. The van der Waals surface area contributed by atoms with Crippen molar-refractivity contribution in [1.29, 1.82) is 0 Å². The van der Waals surface area contributed by atoms with E-state index in [1.807, 2.05) is 0 Å². The standard InChI is InChI=1S/C14H30O3Si/c1-3-5-6-7-13(15-11-14-12-16-14)8-10-18-17-9-4-2/h13-14H,3-12,18H2,1-2H3. The van der Waals surface area contributed by atoms with E-state index in [0.29, 0.717) is 12.2 Å². The Bertz CT molecular complexity index is 186. The minimum absolute atomic E-state index is 0.303. The Morgan fingerprint density at radius 3 is 2.72 bits per heavy atom. The zero-order valence-electron chi connectivity index (χ0n) is 12.2. The van der Waals surface area contributed by atoms with Crippen LogP contribution in [-0.4, -0.2) is 41.8 Å². The number of ether oxygens (including phenoxy) is 2. The molecule has 2 unspecified atom stereocenters. The number of unbranched alkanes of at least 4 members (excludes halogenated alkanes) is 2. The van der Waals surface area contributed by atoms with E-state index in [-0.39, 0.29) is 9.76 Å². The fourth-order valence-corrected chi connectivity index (χ4v) is 3.32. The highest BCUT2D eigenvalue weighted by molar-refractivity contribution is 6.26. The predicted molar refractivity (Wildman–Crippen MR) is 77.8 cm³/mol. The molecule has 0 aromatic heterocycles. The second-order valence-corrected chi connectivity index (χ2v) is 6.68. The maximum absolute atomic E-state index is 5.96. The molecule has 0 aliphatic carbocycles. The minimum Gasteiger partial charge on any atom is -0.424 e. The molecule has 1 aliphatic heterocycles. The molecule has 3 nitrogen and oxygen atoms in total. The zero-order valence-corrected chi connectivity index (χ0v) is 13.6. The van der Waals surface area contributed by atoms with E-state index in [4.69, 9.17) is 13.9 Å². The molecular weight excluding hydrogens is 244 g/mol. The maximum atomic E-state index is 5.96. The van der Waals surface area contributed by atoms with Gasteiger partial charge >= 0.3 is 0 Å². The quantitative estimate of drug-likeness (QED) is 0.294. The van der Waals surface area contributed by atoms with Crippen LogP contribution in [0.4, 0.5) is 0 Å². The van der Waals surface area contributed by atoms with Crippen molar-refractivity contribution in [3.63, 3.8) is 0 Å². The van der Waals surface area contributed by atoms with E-state index in [2.05, 4.69) is 13.8 Å². The van der Waals surface area contributed by atoms with Crippen LogP contribution in [0.15, 0.2) is 0 Å². The van der Waals surface area contributed by atoms with Gasteiger partial charge in [0.05, 0.1) is 19.3 Å². The molecule has 1 saturated heterocycles. The first kappa shape index (κ1) is 16.2. The maximum Gasteiger partial charge on any atom is 0.161 e. The van der Waals surface area contributed by atoms with Crippen molar-refractivity contribution in [2.24, 2.45) is 0 Å². The van der Waals surface area contributed by atoms with Crippen LogP contribution in [0.25, 0.3) is 0 Å². The minimum atomic E-state index is -0.303. The molecule has 18 heavy (non-hydrogen) atoms. The number of hydrogen-bond donors (Lipinski definition) is 0. The monoisotopic (exact) mass is 274 g/mol. The van der Waals surface area contributed by atoms with Gasteiger partial charge in [0, 0.05) is 6.61 Å². The van der Waals surface area contributed by atoms with Gasteiger partial charge in [0.1, 0.15) is 6.10 Å². The molecule has 1 rings (SSSR count). The topological polar surface area (TPSA) is 31.0 Å². The summed E-state index contributed by atoms with van der Waals surface area (Å²) in [4.78, 5) is 0. The van der Waals surface area contributed by atoms with Gasteiger partial charge in [0.25, 0.3) is 0 Å². The van der Waals surface area contributed by atoms with Crippen molar-refractivity contribution in [3.8, 4) is 0 Å². The smallest absolute Gasteiger partial charge is 0.161 e. The summed E-state index contributed by atoms with van der Waals surface area (Å²) in [6.45, 7) is 7.06. The van der Waals surface area contributed by atoms with Gasteiger partial charge in [-0.2, -0.15) is 0 Å². The molecule has 108 valence electrons. The molecular formula is C14H30O3Si. The summed E-state index contributed by atoms with van der Waals surface area (Å²) in [7, 11) is -0.303. The molecule has 0 aromatic rings. The first-order valence-corrected chi connectivity index (χ1v) is 9.25. The molecule has 0 aromatic carbocycles. The van der Waals surface area contributed by atoms with E-state index in [0.717, 1.165) is 26.2 Å². The second-order valence-electron chi connectivity index (χ2n) is 5.16. The van der Waals surface area contributed by atoms with E-state index >= 15 is 0 Å². The number of rotatable bonds is 13. The summed E-state index contributed by atoms with van der Waals surface area (Å²) in [6.07, 6.45) is 8.28. The van der Waals surface area contributed by atoms with E-state index in [1.54, 1.807) is 0 Å². The van der Waals surface area contributed by atoms with Gasteiger partial charge in [0.15, 0.2) is 9.76 Å². The van der Waals surface area contributed by atoms with Gasteiger partial charge in [-0.3, -0.25) is 0 Å². The van der Waals surface area contributed by atoms with Crippen molar-refractivity contribution in [2.75, 3.05) is 19.8 Å². The molecule has 1 aliphatic rings. The van der Waals surface area contributed by atoms with E-state index < -0.39 is 0 Å². The summed E-state index contributed by atoms with van der Waals surface area (Å²) in [5.74, 6) is 0. The summed E-state index contributed by atoms with van der Waals surface area (Å²) < 4.78 is 16.8. The van der Waals surface area contributed by atoms with Crippen LogP contribution < -0.4 is 0 Å². The van der Waals surface area contributed by atoms with Gasteiger partial charge in [-0.05, 0) is 25.3 Å². The van der Waals surface area contributed by atoms with Crippen LogP contribution in [0.3, 0.4) is 0 Å². The van der Waals surface area contributed by atoms with Gasteiger partial charge in [-0.15, -0.1) is 0 Å². The van der Waals surface area contributed by atoms with Crippen LogP contribution in [0.5, 0.6) is 0 Å². The molecule has 2 atom stereocenters. The third-order valence-corrected chi connectivity index (χ3v) is 4.49. The molecule has 0 amide bonds. The van der Waals surface area contributed by atoms with Gasteiger partial charge in [-0.1, -0.05) is 33.1 Å². The van der Waals surface area contributed by atoms with Crippen molar-refractivity contribution >= 4 is 9.76 Å². The Morgan fingerprint density at radius 1 is 1.22 bits per heavy atom. The Kier molecular flexibility index (Phi) is 9.84. The summed E-state index contributed by atoms with van der Waals surface area (Å²) in [5.41, 5.74) is 0. The van der Waals surface area contributed by atoms with Crippen molar-refractivity contribution in [1.82, 2.24) is 0 Å². The Balaban J connectivity index is 2.03. The van der Waals surface area contributed by atoms with E-state index in [9.17, 15) is 0 Å². The molecule has 4 heteroatoms. The molecule has 0 saturated carbocycles. The van der Waals surface area contributed by atoms with Crippen LogP contribution in [-0.2, 0) is 13.9 Å². The third kappa shape index (κ3) is 9.08.